The SMILES string of the molecule is CCN1CCN(Cc2ccc(CNC(=O)C3CCC(N)C3)cc2)CC1. The summed E-state index contributed by atoms with van der Waals surface area (Å²) in [5.41, 5.74) is 8.40. The second kappa shape index (κ2) is 8.79. The first-order valence-corrected chi connectivity index (χ1v) is 9.70. The summed E-state index contributed by atoms with van der Waals surface area (Å²) in [7, 11) is 0. The number of piperazine rings is 1. The van der Waals surface area contributed by atoms with Crippen molar-refractivity contribution in [2.45, 2.75) is 45.3 Å². The van der Waals surface area contributed by atoms with Gasteiger partial charge >= 0.3 is 0 Å². The molecule has 0 spiro atoms. The molecule has 2 aliphatic rings. The van der Waals surface area contributed by atoms with Gasteiger partial charge < -0.3 is 16.0 Å². The molecule has 1 heterocycles. The lowest BCUT2D eigenvalue weighted by atomic mass is 10.1. The fourth-order valence-corrected chi connectivity index (χ4v) is 3.87. The summed E-state index contributed by atoms with van der Waals surface area (Å²) in [4.78, 5) is 17.2. The molecule has 0 bridgehead atoms. The number of benzene rings is 1. The maximum atomic E-state index is 12.2. The van der Waals surface area contributed by atoms with Gasteiger partial charge in [-0.1, -0.05) is 31.2 Å². The Bertz CT molecular complexity index is 551. The van der Waals surface area contributed by atoms with Gasteiger partial charge in [0, 0.05) is 51.2 Å². The highest BCUT2D eigenvalue weighted by atomic mass is 16.1. The number of nitrogens with zero attached hydrogens (tertiary/aromatic N) is 2. The molecule has 1 aromatic rings. The van der Waals surface area contributed by atoms with Crippen molar-refractivity contribution in [3.05, 3.63) is 35.4 Å². The van der Waals surface area contributed by atoms with Gasteiger partial charge in [-0.15, -0.1) is 0 Å². The standard InChI is InChI=1S/C20H32N4O/c1-2-23-9-11-24(12-10-23)15-17-5-3-16(4-6-17)14-22-20(25)18-7-8-19(21)13-18/h3-6,18-19H,2,7-15,21H2,1H3,(H,22,25). The summed E-state index contributed by atoms with van der Waals surface area (Å²) >= 11 is 0. The summed E-state index contributed by atoms with van der Waals surface area (Å²) in [5.74, 6) is 0.266. The highest BCUT2D eigenvalue weighted by Gasteiger charge is 2.27. The Morgan fingerprint density at radius 3 is 2.32 bits per heavy atom. The van der Waals surface area contributed by atoms with Gasteiger partial charge in [0.15, 0.2) is 0 Å². The van der Waals surface area contributed by atoms with Gasteiger partial charge in [-0.25, -0.2) is 0 Å². The van der Waals surface area contributed by atoms with E-state index >= 15 is 0 Å². The normalized spacial score (nSPS) is 25.2. The minimum absolute atomic E-state index is 0.107. The molecule has 1 saturated heterocycles. The predicted molar refractivity (Wildman–Crippen MR) is 101 cm³/mol. The number of rotatable bonds is 6. The van der Waals surface area contributed by atoms with E-state index in [9.17, 15) is 4.79 Å². The van der Waals surface area contributed by atoms with Crippen LogP contribution in [-0.2, 0) is 17.9 Å². The van der Waals surface area contributed by atoms with Crippen molar-refractivity contribution in [2.75, 3.05) is 32.7 Å². The topological polar surface area (TPSA) is 61.6 Å². The van der Waals surface area contributed by atoms with E-state index in [2.05, 4.69) is 46.3 Å². The van der Waals surface area contributed by atoms with Crippen molar-refractivity contribution in [3.8, 4) is 0 Å². The van der Waals surface area contributed by atoms with E-state index in [4.69, 9.17) is 5.73 Å². The molecule has 1 aliphatic carbocycles. The molecule has 3 N–H and O–H groups in total. The van der Waals surface area contributed by atoms with Crippen LogP contribution in [0.2, 0.25) is 0 Å². The number of likely N-dealkylation sites (N-methyl/N-ethyl adjacent to an activating group) is 1. The molecule has 2 fully saturated rings. The molecule has 3 rings (SSSR count). The molecule has 1 aromatic carbocycles. The van der Waals surface area contributed by atoms with Crippen molar-refractivity contribution >= 4 is 5.91 Å². The molecule has 2 unspecified atom stereocenters. The molecule has 25 heavy (non-hydrogen) atoms. The molecule has 1 aliphatic heterocycles. The second-order valence-corrected chi connectivity index (χ2v) is 7.51. The quantitative estimate of drug-likeness (QED) is 0.822. The Kier molecular flexibility index (Phi) is 6.45. The fraction of sp³-hybridized carbons (Fsp3) is 0.650. The van der Waals surface area contributed by atoms with Crippen LogP contribution in [0, 0.1) is 5.92 Å². The molecular formula is C20H32N4O. The fourth-order valence-electron chi connectivity index (χ4n) is 3.87. The predicted octanol–water partition coefficient (Wildman–Crippen LogP) is 1.57. The van der Waals surface area contributed by atoms with Crippen LogP contribution in [0.25, 0.3) is 0 Å². The van der Waals surface area contributed by atoms with E-state index in [-0.39, 0.29) is 17.9 Å². The van der Waals surface area contributed by atoms with Gasteiger partial charge in [0.25, 0.3) is 0 Å². The molecule has 2 atom stereocenters. The van der Waals surface area contributed by atoms with E-state index in [1.165, 1.54) is 18.7 Å². The minimum atomic E-state index is 0.107. The maximum absolute atomic E-state index is 12.2. The van der Waals surface area contributed by atoms with Crippen LogP contribution < -0.4 is 11.1 Å². The first-order chi connectivity index (χ1) is 12.1. The Balaban J connectivity index is 1.42. The van der Waals surface area contributed by atoms with Crippen molar-refractivity contribution < 1.29 is 4.79 Å². The first-order valence-electron chi connectivity index (χ1n) is 9.70. The average molecular weight is 345 g/mol. The van der Waals surface area contributed by atoms with E-state index in [0.717, 1.165) is 51.0 Å². The zero-order valence-electron chi connectivity index (χ0n) is 15.4. The van der Waals surface area contributed by atoms with Gasteiger partial charge in [0.2, 0.25) is 5.91 Å². The zero-order chi connectivity index (χ0) is 17.6. The number of carbonyl (C=O) groups excluding carboxylic acids is 1. The summed E-state index contributed by atoms with van der Waals surface area (Å²) in [5, 5.41) is 3.06. The van der Waals surface area contributed by atoms with Crippen LogP contribution in [0.4, 0.5) is 0 Å². The summed E-state index contributed by atoms with van der Waals surface area (Å²) in [6.45, 7) is 9.65. The van der Waals surface area contributed by atoms with E-state index < -0.39 is 0 Å². The lowest BCUT2D eigenvalue weighted by molar-refractivity contribution is -0.125. The van der Waals surface area contributed by atoms with E-state index in [1.54, 1.807) is 0 Å². The molecule has 1 saturated carbocycles. The van der Waals surface area contributed by atoms with Gasteiger partial charge in [-0.2, -0.15) is 0 Å². The smallest absolute Gasteiger partial charge is 0.223 e. The van der Waals surface area contributed by atoms with Crippen LogP contribution >= 0.6 is 0 Å². The molecule has 5 heteroatoms. The number of nitrogens with two attached hydrogens (primary N) is 1. The van der Waals surface area contributed by atoms with Crippen molar-refractivity contribution in [3.63, 3.8) is 0 Å². The minimum Gasteiger partial charge on any atom is -0.352 e. The summed E-state index contributed by atoms with van der Waals surface area (Å²) in [6, 6.07) is 8.86. The van der Waals surface area contributed by atoms with Crippen LogP contribution in [-0.4, -0.2) is 54.5 Å². The van der Waals surface area contributed by atoms with Gasteiger partial charge in [0.1, 0.15) is 0 Å². The Labute approximate surface area is 151 Å². The highest BCUT2D eigenvalue weighted by Crippen LogP contribution is 2.24. The number of hydrogen-bond donors (Lipinski definition) is 2. The maximum Gasteiger partial charge on any atom is 0.223 e. The lowest BCUT2D eigenvalue weighted by Crippen LogP contribution is -2.45. The monoisotopic (exact) mass is 344 g/mol. The van der Waals surface area contributed by atoms with Crippen molar-refractivity contribution in [1.29, 1.82) is 0 Å². The third-order valence-corrected chi connectivity index (χ3v) is 5.65. The van der Waals surface area contributed by atoms with Crippen molar-refractivity contribution in [1.82, 2.24) is 15.1 Å². The number of amides is 1. The molecule has 0 aromatic heterocycles. The first kappa shape index (κ1) is 18.4. The molecule has 0 radical (unpaired) electrons. The van der Waals surface area contributed by atoms with Crippen LogP contribution in [0.5, 0.6) is 0 Å². The molecule has 1 amide bonds. The number of carbonyl (C=O) groups is 1. The average Bonchev–Trinajstić information content (AvgIpc) is 3.08. The lowest BCUT2D eigenvalue weighted by Gasteiger charge is -2.34. The number of hydrogen-bond acceptors (Lipinski definition) is 4. The van der Waals surface area contributed by atoms with E-state index in [1.807, 2.05) is 0 Å². The Morgan fingerprint density at radius 1 is 1.08 bits per heavy atom. The van der Waals surface area contributed by atoms with Gasteiger partial charge in [-0.05, 0) is 36.9 Å². The zero-order valence-corrected chi connectivity index (χ0v) is 15.4. The molecule has 5 nitrogen and oxygen atoms in total. The van der Waals surface area contributed by atoms with Crippen LogP contribution in [0.3, 0.4) is 0 Å². The summed E-state index contributed by atoms with van der Waals surface area (Å²) < 4.78 is 0. The summed E-state index contributed by atoms with van der Waals surface area (Å²) in [6.07, 6.45) is 2.73. The van der Waals surface area contributed by atoms with Gasteiger partial charge in [-0.3, -0.25) is 9.69 Å². The molecular weight excluding hydrogens is 312 g/mol. The van der Waals surface area contributed by atoms with Gasteiger partial charge in [0.05, 0.1) is 0 Å². The Hall–Kier alpha value is -1.43. The Morgan fingerprint density at radius 2 is 1.72 bits per heavy atom. The van der Waals surface area contributed by atoms with E-state index in [0.29, 0.717) is 6.54 Å². The van der Waals surface area contributed by atoms with Crippen molar-refractivity contribution in [2.24, 2.45) is 11.7 Å². The molecule has 138 valence electrons. The largest absolute Gasteiger partial charge is 0.352 e. The highest BCUT2D eigenvalue weighted by molar-refractivity contribution is 5.79. The second-order valence-electron chi connectivity index (χ2n) is 7.51. The third-order valence-electron chi connectivity index (χ3n) is 5.65. The van der Waals surface area contributed by atoms with Crippen LogP contribution in [0.1, 0.15) is 37.3 Å². The van der Waals surface area contributed by atoms with Crippen LogP contribution in [0.15, 0.2) is 24.3 Å². The third kappa shape index (κ3) is 5.27. The number of nitrogens with one attached hydrogen (secondary N) is 1.